The lowest BCUT2D eigenvalue weighted by Gasteiger charge is -2.32. The SMILES string of the molecule is NC(=O)c1cc2n(n1)[C@H](C(F)(F)F)C[C@H](c1ccco1)N2. The Kier molecular flexibility index (Phi) is 2.92. The zero-order valence-corrected chi connectivity index (χ0v) is 10.6. The molecule has 0 bridgehead atoms. The zero-order chi connectivity index (χ0) is 15.2. The van der Waals surface area contributed by atoms with Gasteiger partial charge in [-0.15, -0.1) is 0 Å². The predicted octanol–water partition coefficient (Wildman–Crippen LogP) is 2.24. The molecule has 9 heteroatoms. The molecule has 2 aromatic heterocycles. The quantitative estimate of drug-likeness (QED) is 0.890. The van der Waals surface area contributed by atoms with Crippen LogP contribution in [0.4, 0.5) is 19.0 Å². The smallest absolute Gasteiger partial charge is 0.410 e. The van der Waals surface area contributed by atoms with Crippen LogP contribution in [0.3, 0.4) is 0 Å². The van der Waals surface area contributed by atoms with Gasteiger partial charge in [0.15, 0.2) is 11.7 Å². The number of halogens is 3. The molecule has 0 unspecified atom stereocenters. The largest absolute Gasteiger partial charge is 0.467 e. The average molecular weight is 300 g/mol. The second-order valence-electron chi connectivity index (χ2n) is 4.73. The van der Waals surface area contributed by atoms with Gasteiger partial charge in [0.25, 0.3) is 5.91 Å². The molecule has 3 heterocycles. The van der Waals surface area contributed by atoms with Gasteiger partial charge in [-0.25, -0.2) is 4.68 Å². The van der Waals surface area contributed by atoms with E-state index in [1.54, 1.807) is 12.1 Å². The van der Waals surface area contributed by atoms with Gasteiger partial charge >= 0.3 is 6.18 Å². The van der Waals surface area contributed by atoms with Crippen LogP contribution in [-0.2, 0) is 0 Å². The molecule has 0 aromatic carbocycles. The van der Waals surface area contributed by atoms with E-state index in [1.807, 2.05) is 0 Å². The molecule has 21 heavy (non-hydrogen) atoms. The van der Waals surface area contributed by atoms with Crippen LogP contribution in [-0.4, -0.2) is 21.9 Å². The summed E-state index contributed by atoms with van der Waals surface area (Å²) in [7, 11) is 0. The van der Waals surface area contributed by atoms with Gasteiger partial charge < -0.3 is 15.5 Å². The van der Waals surface area contributed by atoms with E-state index in [0.717, 1.165) is 4.68 Å². The zero-order valence-electron chi connectivity index (χ0n) is 10.6. The van der Waals surface area contributed by atoms with E-state index < -0.39 is 24.2 Å². The minimum absolute atomic E-state index is 0.0822. The monoisotopic (exact) mass is 300 g/mol. The van der Waals surface area contributed by atoms with Crippen LogP contribution in [0.25, 0.3) is 0 Å². The summed E-state index contributed by atoms with van der Waals surface area (Å²) in [5, 5.41) is 6.52. The summed E-state index contributed by atoms with van der Waals surface area (Å²) in [5.41, 5.74) is 4.85. The first-order valence-electron chi connectivity index (χ1n) is 6.12. The van der Waals surface area contributed by atoms with Crippen LogP contribution < -0.4 is 11.1 Å². The summed E-state index contributed by atoms with van der Waals surface area (Å²) >= 11 is 0. The molecule has 3 rings (SSSR count). The Labute approximate surface area is 116 Å². The molecule has 0 saturated heterocycles. The van der Waals surface area contributed by atoms with Gasteiger partial charge in [-0.3, -0.25) is 4.79 Å². The Morgan fingerprint density at radius 3 is 2.86 bits per heavy atom. The number of carbonyl (C=O) groups is 1. The van der Waals surface area contributed by atoms with E-state index in [-0.39, 0.29) is 17.9 Å². The maximum atomic E-state index is 13.2. The van der Waals surface area contributed by atoms with Gasteiger partial charge in [-0.05, 0) is 12.1 Å². The maximum absolute atomic E-state index is 13.2. The number of rotatable bonds is 2. The third-order valence-corrected chi connectivity index (χ3v) is 3.33. The number of nitrogens with two attached hydrogens (primary N) is 1. The number of hydrogen-bond acceptors (Lipinski definition) is 4. The molecule has 2 aromatic rings. The Hall–Kier alpha value is -2.45. The highest BCUT2D eigenvalue weighted by molar-refractivity contribution is 5.91. The molecule has 112 valence electrons. The lowest BCUT2D eigenvalue weighted by molar-refractivity contribution is -0.174. The summed E-state index contributed by atoms with van der Waals surface area (Å²) in [6, 6.07) is 1.89. The molecule has 0 radical (unpaired) electrons. The Bertz CT molecular complexity index is 663. The number of alkyl halides is 3. The highest BCUT2D eigenvalue weighted by atomic mass is 19.4. The Morgan fingerprint density at radius 2 is 2.29 bits per heavy atom. The number of aromatic nitrogens is 2. The first kappa shape index (κ1) is 13.5. The normalized spacial score (nSPS) is 21.7. The van der Waals surface area contributed by atoms with Crippen LogP contribution in [0.15, 0.2) is 28.9 Å². The molecule has 0 saturated carbocycles. The van der Waals surface area contributed by atoms with Crippen molar-refractivity contribution in [3.8, 4) is 0 Å². The van der Waals surface area contributed by atoms with Crippen molar-refractivity contribution in [3.63, 3.8) is 0 Å². The van der Waals surface area contributed by atoms with Gasteiger partial charge in [0, 0.05) is 12.5 Å². The summed E-state index contributed by atoms with van der Waals surface area (Å²) in [6.45, 7) is 0. The number of nitrogens with one attached hydrogen (secondary N) is 1. The summed E-state index contributed by atoms with van der Waals surface area (Å²) < 4.78 is 45.5. The van der Waals surface area contributed by atoms with Gasteiger partial charge in [0.2, 0.25) is 0 Å². The minimum atomic E-state index is -4.50. The third-order valence-electron chi connectivity index (χ3n) is 3.33. The second kappa shape index (κ2) is 4.54. The van der Waals surface area contributed by atoms with E-state index in [4.69, 9.17) is 10.2 Å². The van der Waals surface area contributed by atoms with Gasteiger partial charge in [-0.2, -0.15) is 18.3 Å². The topological polar surface area (TPSA) is 86.1 Å². The van der Waals surface area contributed by atoms with Crippen molar-refractivity contribution in [1.82, 2.24) is 9.78 Å². The fourth-order valence-corrected chi connectivity index (χ4v) is 2.37. The lowest BCUT2D eigenvalue weighted by atomic mass is 10.0. The molecule has 1 amide bonds. The number of primary amides is 1. The maximum Gasteiger partial charge on any atom is 0.410 e. The Morgan fingerprint density at radius 1 is 1.52 bits per heavy atom. The summed E-state index contributed by atoms with van der Waals surface area (Å²) in [4.78, 5) is 11.1. The van der Waals surface area contributed by atoms with Crippen LogP contribution in [0.5, 0.6) is 0 Å². The molecule has 6 nitrogen and oxygen atoms in total. The number of fused-ring (bicyclic) bond motifs is 1. The van der Waals surface area contributed by atoms with E-state index in [0.29, 0.717) is 5.76 Å². The van der Waals surface area contributed by atoms with Crippen molar-refractivity contribution >= 4 is 11.7 Å². The fraction of sp³-hybridized carbons (Fsp3) is 0.333. The van der Waals surface area contributed by atoms with Crippen LogP contribution in [0.2, 0.25) is 0 Å². The predicted molar refractivity (Wildman–Crippen MR) is 65.5 cm³/mol. The van der Waals surface area contributed by atoms with E-state index >= 15 is 0 Å². The summed E-state index contributed by atoms with van der Waals surface area (Å²) in [5.74, 6) is -0.412. The lowest BCUT2D eigenvalue weighted by Crippen LogP contribution is -2.35. The van der Waals surface area contributed by atoms with Crippen molar-refractivity contribution in [2.75, 3.05) is 5.32 Å². The molecule has 0 fully saturated rings. The van der Waals surface area contributed by atoms with Crippen molar-refractivity contribution in [2.24, 2.45) is 5.73 Å². The summed E-state index contributed by atoms with van der Waals surface area (Å²) in [6.07, 6.45) is -3.40. The van der Waals surface area contributed by atoms with Gasteiger partial charge in [0.1, 0.15) is 11.6 Å². The molecule has 1 aliphatic heterocycles. The first-order valence-corrected chi connectivity index (χ1v) is 6.12. The molecule has 0 aliphatic carbocycles. The number of hydrogen-bond donors (Lipinski definition) is 2. The number of amides is 1. The van der Waals surface area contributed by atoms with Crippen LogP contribution in [0.1, 0.15) is 34.8 Å². The van der Waals surface area contributed by atoms with Crippen molar-refractivity contribution in [2.45, 2.75) is 24.7 Å². The molecular weight excluding hydrogens is 289 g/mol. The van der Waals surface area contributed by atoms with Gasteiger partial charge in [-0.1, -0.05) is 0 Å². The number of furan rings is 1. The molecule has 1 aliphatic rings. The molecular formula is C12H11F3N4O2. The molecule has 3 N–H and O–H groups in total. The minimum Gasteiger partial charge on any atom is -0.467 e. The number of anilines is 1. The number of carbonyl (C=O) groups excluding carboxylic acids is 1. The van der Waals surface area contributed by atoms with Crippen molar-refractivity contribution in [3.05, 3.63) is 35.9 Å². The third kappa shape index (κ3) is 2.34. The standard InChI is InChI=1S/C12H11F3N4O2/c13-12(14,15)9-4-6(8-2-1-3-21-8)17-10-5-7(11(16)20)18-19(9)10/h1-3,5-6,9,17H,4H2,(H2,16,20)/t6-,9+/m1/s1. The van der Waals surface area contributed by atoms with Crippen molar-refractivity contribution < 1.29 is 22.4 Å². The molecule has 2 atom stereocenters. The van der Waals surface area contributed by atoms with Crippen LogP contribution >= 0.6 is 0 Å². The number of nitrogens with zero attached hydrogens (tertiary/aromatic N) is 2. The van der Waals surface area contributed by atoms with Crippen LogP contribution in [0, 0.1) is 0 Å². The van der Waals surface area contributed by atoms with E-state index in [1.165, 1.54) is 12.3 Å². The molecule has 0 spiro atoms. The van der Waals surface area contributed by atoms with Gasteiger partial charge in [0.05, 0.1) is 12.3 Å². The highest BCUT2D eigenvalue weighted by Crippen LogP contribution is 2.43. The highest BCUT2D eigenvalue weighted by Gasteiger charge is 2.47. The van der Waals surface area contributed by atoms with Crippen molar-refractivity contribution in [1.29, 1.82) is 0 Å². The van der Waals surface area contributed by atoms with E-state index in [2.05, 4.69) is 10.4 Å². The second-order valence-corrected chi connectivity index (χ2v) is 4.73. The average Bonchev–Trinajstić information content (AvgIpc) is 3.05. The first-order chi connectivity index (χ1) is 9.86. The Balaban J connectivity index is 2.03. The fourth-order valence-electron chi connectivity index (χ4n) is 2.37. The van der Waals surface area contributed by atoms with E-state index in [9.17, 15) is 18.0 Å².